The van der Waals surface area contributed by atoms with Crippen molar-refractivity contribution in [1.29, 1.82) is 0 Å². The zero-order valence-electron chi connectivity index (χ0n) is 12.9. The summed E-state index contributed by atoms with van der Waals surface area (Å²) in [4.78, 5) is 15.7. The lowest BCUT2D eigenvalue weighted by Crippen LogP contribution is -2.39. The highest BCUT2D eigenvalue weighted by Gasteiger charge is 2.40. The molecule has 118 valence electrons. The smallest absolute Gasteiger partial charge is 0.241 e. The molecule has 0 spiro atoms. The van der Waals surface area contributed by atoms with Crippen molar-refractivity contribution in [2.24, 2.45) is 0 Å². The number of thiophene rings is 1. The Morgan fingerprint density at radius 1 is 1.48 bits per heavy atom. The molecule has 3 unspecified atom stereocenters. The summed E-state index contributed by atoms with van der Waals surface area (Å²) in [5.41, 5.74) is 0. The van der Waals surface area contributed by atoms with E-state index in [2.05, 4.69) is 18.3 Å². The minimum absolute atomic E-state index is 0.0523. The number of ether oxygens (including phenoxy) is 2. The number of nitrogens with one attached hydrogen (secondary N) is 1. The SMILES string of the molecule is CCCC1NC(c2cccs2)N(CC(COC)OC)C1=O. The third-order valence-electron chi connectivity index (χ3n) is 3.73. The van der Waals surface area contributed by atoms with E-state index in [4.69, 9.17) is 9.47 Å². The predicted octanol–water partition coefficient (Wildman–Crippen LogP) is 2.01. The van der Waals surface area contributed by atoms with Gasteiger partial charge in [0.05, 0.1) is 25.3 Å². The lowest BCUT2D eigenvalue weighted by molar-refractivity contribution is -0.132. The summed E-state index contributed by atoms with van der Waals surface area (Å²) in [5, 5.41) is 5.49. The van der Waals surface area contributed by atoms with Gasteiger partial charge < -0.3 is 14.4 Å². The molecule has 6 heteroatoms. The summed E-state index contributed by atoms with van der Waals surface area (Å²) in [6, 6.07) is 3.98. The third kappa shape index (κ3) is 3.83. The van der Waals surface area contributed by atoms with Gasteiger partial charge in [-0.15, -0.1) is 11.3 Å². The van der Waals surface area contributed by atoms with Crippen LogP contribution in [0.3, 0.4) is 0 Å². The van der Waals surface area contributed by atoms with E-state index in [1.54, 1.807) is 25.6 Å². The molecular weight excluding hydrogens is 288 g/mol. The van der Waals surface area contributed by atoms with E-state index in [1.807, 2.05) is 16.3 Å². The summed E-state index contributed by atoms with van der Waals surface area (Å²) < 4.78 is 10.6. The van der Waals surface area contributed by atoms with Crippen molar-refractivity contribution in [3.8, 4) is 0 Å². The number of hydrogen-bond acceptors (Lipinski definition) is 5. The van der Waals surface area contributed by atoms with E-state index in [0.717, 1.165) is 17.7 Å². The first-order chi connectivity index (χ1) is 10.2. The van der Waals surface area contributed by atoms with Gasteiger partial charge in [0.2, 0.25) is 5.91 Å². The van der Waals surface area contributed by atoms with Crippen LogP contribution in [0.15, 0.2) is 17.5 Å². The quantitative estimate of drug-likeness (QED) is 0.798. The molecule has 1 aromatic heterocycles. The first kappa shape index (κ1) is 16.4. The highest BCUT2D eigenvalue weighted by molar-refractivity contribution is 7.10. The Labute approximate surface area is 130 Å². The van der Waals surface area contributed by atoms with Crippen LogP contribution in [0.25, 0.3) is 0 Å². The number of rotatable bonds is 8. The van der Waals surface area contributed by atoms with Gasteiger partial charge >= 0.3 is 0 Å². The van der Waals surface area contributed by atoms with Crippen LogP contribution >= 0.6 is 11.3 Å². The Hall–Kier alpha value is -0.950. The molecule has 3 atom stereocenters. The van der Waals surface area contributed by atoms with E-state index in [1.165, 1.54) is 0 Å². The van der Waals surface area contributed by atoms with Crippen LogP contribution in [-0.2, 0) is 14.3 Å². The maximum atomic E-state index is 12.6. The van der Waals surface area contributed by atoms with Crippen molar-refractivity contribution >= 4 is 17.2 Å². The second-order valence-corrected chi connectivity index (χ2v) is 6.21. The van der Waals surface area contributed by atoms with Crippen LogP contribution in [-0.4, -0.2) is 50.3 Å². The Morgan fingerprint density at radius 3 is 2.86 bits per heavy atom. The predicted molar refractivity (Wildman–Crippen MR) is 83.3 cm³/mol. The molecule has 1 amide bonds. The second-order valence-electron chi connectivity index (χ2n) is 5.23. The first-order valence-corrected chi connectivity index (χ1v) is 8.20. The van der Waals surface area contributed by atoms with Crippen molar-refractivity contribution < 1.29 is 14.3 Å². The van der Waals surface area contributed by atoms with Crippen molar-refractivity contribution in [2.45, 2.75) is 38.1 Å². The van der Waals surface area contributed by atoms with E-state index in [0.29, 0.717) is 13.2 Å². The number of amides is 1. The minimum atomic E-state index is -0.108. The molecular formula is C15H24N2O3S. The monoisotopic (exact) mass is 312 g/mol. The van der Waals surface area contributed by atoms with Gasteiger partial charge in [0.25, 0.3) is 0 Å². The molecule has 0 aromatic carbocycles. The lowest BCUT2D eigenvalue weighted by Gasteiger charge is -2.27. The fourth-order valence-electron chi connectivity index (χ4n) is 2.65. The first-order valence-electron chi connectivity index (χ1n) is 7.32. The van der Waals surface area contributed by atoms with Crippen LogP contribution in [0.5, 0.6) is 0 Å². The van der Waals surface area contributed by atoms with E-state index in [9.17, 15) is 4.79 Å². The molecule has 1 aliphatic rings. The van der Waals surface area contributed by atoms with Gasteiger partial charge in [0.1, 0.15) is 6.17 Å². The molecule has 0 saturated carbocycles. The van der Waals surface area contributed by atoms with Crippen LogP contribution < -0.4 is 5.32 Å². The summed E-state index contributed by atoms with van der Waals surface area (Å²) in [6.07, 6.45) is 1.69. The van der Waals surface area contributed by atoms with Gasteiger partial charge in [-0.1, -0.05) is 19.4 Å². The van der Waals surface area contributed by atoms with Gasteiger partial charge in [-0.3, -0.25) is 10.1 Å². The molecule has 0 bridgehead atoms. The average Bonchev–Trinajstić information content (AvgIpc) is 3.10. The minimum Gasteiger partial charge on any atom is -0.382 e. The summed E-state index contributed by atoms with van der Waals surface area (Å²) >= 11 is 1.67. The van der Waals surface area contributed by atoms with Gasteiger partial charge in [-0.2, -0.15) is 0 Å². The molecule has 1 aliphatic heterocycles. The number of methoxy groups -OCH3 is 2. The molecule has 2 heterocycles. The summed E-state index contributed by atoms with van der Waals surface area (Å²) in [5.74, 6) is 0.161. The molecule has 0 radical (unpaired) electrons. The third-order valence-corrected chi connectivity index (χ3v) is 4.65. The van der Waals surface area contributed by atoms with Crippen molar-refractivity contribution in [2.75, 3.05) is 27.4 Å². The number of carbonyl (C=O) groups excluding carboxylic acids is 1. The Bertz CT molecular complexity index is 438. The zero-order chi connectivity index (χ0) is 15.2. The highest BCUT2D eigenvalue weighted by Crippen LogP contribution is 2.30. The van der Waals surface area contributed by atoms with Gasteiger partial charge in [-0.05, 0) is 17.9 Å². The molecule has 0 aliphatic carbocycles. The normalized spacial score (nSPS) is 23.8. The Kier molecular flexibility index (Phi) is 6.17. The number of hydrogen-bond donors (Lipinski definition) is 1. The number of nitrogens with zero attached hydrogens (tertiary/aromatic N) is 1. The van der Waals surface area contributed by atoms with Crippen molar-refractivity contribution in [1.82, 2.24) is 10.2 Å². The van der Waals surface area contributed by atoms with Gasteiger partial charge in [-0.25, -0.2) is 0 Å². The largest absolute Gasteiger partial charge is 0.382 e. The fraction of sp³-hybridized carbons (Fsp3) is 0.667. The molecule has 1 N–H and O–H groups in total. The molecule has 1 fully saturated rings. The lowest BCUT2D eigenvalue weighted by atomic mass is 10.1. The van der Waals surface area contributed by atoms with Crippen molar-refractivity contribution in [3.63, 3.8) is 0 Å². The molecule has 1 saturated heterocycles. The van der Waals surface area contributed by atoms with E-state index in [-0.39, 0.29) is 24.2 Å². The molecule has 5 nitrogen and oxygen atoms in total. The fourth-order valence-corrected chi connectivity index (χ4v) is 3.45. The van der Waals surface area contributed by atoms with E-state index >= 15 is 0 Å². The van der Waals surface area contributed by atoms with Crippen molar-refractivity contribution in [3.05, 3.63) is 22.4 Å². The van der Waals surface area contributed by atoms with Crippen LogP contribution in [0.2, 0.25) is 0 Å². The molecule has 2 rings (SSSR count). The zero-order valence-corrected chi connectivity index (χ0v) is 13.7. The average molecular weight is 312 g/mol. The Morgan fingerprint density at radius 2 is 2.29 bits per heavy atom. The maximum Gasteiger partial charge on any atom is 0.241 e. The van der Waals surface area contributed by atoms with Crippen LogP contribution in [0, 0.1) is 0 Å². The maximum absolute atomic E-state index is 12.6. The molecule has 1 aromatic rings. The standard InChI is InChI=1S/C15H24N2O3S/c1-4-6-12-15(18)17(9-11(20-3)10-19-2)14(16-12)13-7-5-8-21-13/h5,7-8,11-12,14,16H,4,6,9-10H2,1-3H3. The topological polar surface area (TPSA) is 50.8 Å². The second kappa shape index (κ2) is 7.89. The summed E-state index contributed by atoms with van der Waals surface area (Å²) in [7, 11) is 3.30. The molecule has 21 heavy (non-hydrogen) atoms. The number of carbonyl (C=O) groups is 1. The highest BCUT2D eigenvalue weighted by atomic mass is 32.1. The van der Waals surface area contributed by atoms with Gasteiger partial charge in [0, 0.05) is 19.1 Å². The van der Waals surface area contributed by atoms with Crippen LogP contribution in [0.4, 0.5) is 0 Å². The Balaban J connectivity index is 2.14. The van der Waals surface area contributed by atoms with Crippen LogP contribution in [0.1, 0.15) is 30.8 Å². The van der Waals surface area contributed by atoms with Gasteiger partial charge in [0.15, 0.2) is 0 Å². The summed E-state index contributed by atoms with van der Waals surface area (Å²) in [6.45, 7) is 3.12. The van der Waals surface area contributed by atoms with E-state index < -0.39 is 0 Å².